The van der Waals surface area contributed by atoms with Crippen LogP contribution in [-0.2, 0) is 36.8 Å². The van der Waals surface area contributed by atoms with Gasteiger partial charge in [0, 0.05) is 11.1 Å². The van der Waals surface area contributed by atoms with Gasteiger partial charge in [0.1, 0.15) is 13.2 Å². The topological polar surface area (TPSA) is 89.5 Å². The number of rotatable bonds is 18. The van der Waals surface area contributed by atoms with Gasteiger partial charge in [-0.15, -0.1) is 0 Å². The van der Waals surface area contributed by atoms with Crippen LogP contribution in [0.1, 0.15) is 40.5 Å². The average molecular weight is 549 g/mol. The van der Waals surface area contributed by atoms with Crippen molar-refractivity contribution in [2.24, 2.45) is 0 Å². The third kappa shape index (κ3) is 13.1. The number of hydrogen-bond acceptors (Lipinski definition) is 8. The highest BCUT2D eigenvalue weighted by molar-refractivity contribution is 6.88. The van der Waals surface area contributed by atoms with Gasteiger partial charge in [0.25, 0.3) is 0 Å². The summed E-state index contributed by atoms with van der Waals surface area (Å²) in [4.78, 5) is 23.1. The first-order valence-corrected chi connectivity index (χ1v) is 21.1. The highest BCUT2D eigenvalue weighted by Gasteiger charge is 2.45. The maximum atomic E-state index is 11.6. The molecule has 204 valence electrons. The molecule has 0 spiro atoms. The Morgan fingerprint density at radius 3 is 1.23 bits per heavy atom. The van der Waals surface area contributed by atoms with E-state index in [1.54, 1.807) is 13.8 Å². The highest BCUT2D eigenvalue weighted by atomic mass is 28.5. The van der Waals surface area contributed by atoms with Gasteiger partial charge in [0.05, 0.1) is 24.7 Å². The third-order valence-electron chi connectivity index (χ3n) is 5.28. The Bertz CT molecular complexity index is 664. The van der Waals surface area contributed by atoms with Crippen LogP contribution >= 0.6 is 0 Å². The standard InChI is InChI=1S/C24H48O8Si3/c1-13-21(27-15-17-29-23(25)19(3)4)33(7,8)31-35(11,12)32-34(9,10)22(14-2)28-16-18-30-24(26)20(5)6/h21-22H,3,5,13-18H2,1-2,4,6-12H3. The third-order valence-corrected chi connectivity index (χ3v) is 17.7. The van der Waals surface area contributed by atoms with Crippen LogP contribution in [0.3, 0.4) is 0 Å². The fourth-order valence-corrected chi connectivity index (χ4v) is 18.7. The molecule has 0 aromatic heterocycles. The van der Waals surface area contributed by atoms with E-state index in [9.17, 15) is 9.59 Å². The maximum absolute atomic E-state index is 11.6. The van der Waals surface area contributed by atoms with Crippen LogP contribution in [-0.4, -0.2) is 75.0 Å². The van der Waals surface area contributed by atoms with E-state index in [0.717, 1.165) is 12.8 Å². The molecule has 0 radical (unpaired) electrons. The van der Waals surface area contributed by atoms with E-state index in [1.807, 2.05) is 0 Å². The molecule has 0 saturated heterocycles. The van der Waals surface area contributed by atoms with Crippen molar-refractivity contribution in [3.63, 3.8) is 0 Å². The van der Waals surface area contributed by atoms with Crippen molar-refractivity contribution in [2.75, 3.05) is 26.4 Å². The summed E-state index contributed by atoms with van der Waals surface area (Å²) in [7, 11) is -7.11. The van der Waals surface area contributed by atoms with Crippen LogP contribution in [0.25, 0.3) is 0 Å². The van der Waals surface area contributed by atoms with Gasteiger partial charge in [-0.2, -0.15) is 0 Å². The van der Waals surface area contributed by atoms with Gasteiger partial charge in [-0.3, -0.25) is 0 Å². The van der Waals surface area contributed by atoms with Crippen molar-refractivity contribution in [1.29, 1.82) is 0 Å². The van der Waals surface area contributed by atoms with Crippen molar-refractivity contribution in [3.05, 3.63) is 24.3 Å². The van der Waals surface area contributed by atoms with Gasteiger partial charge in [-0.1, -0.05) is 27.0 Å². The number of esters is 2. The van der Waals surface area contributed by atoms with Crippen LogP contribution in [0.2, 0.25) is 39.3 Å². The van der Waals surface area contributed by atoms with E-state index in [2.05, 4.69) is 66.3 Å². The fourth-order valence-electron chi connectivity index (χ4n) is 3.94. The first-order chi connectivity index (χ1) is 16.0. The molecule has 0 aromatic carbocycles. The van der Waals surface area contributed by atoms with Crippen LogP contribution in [0.15, 0.2) is 24.3 Å². The van der Waals surface area contributed by atoms with E-state index >= 15 is 0 Å². The minimum atomic E-state index is -2.52. The molecule has 35 heavy (non-hydrogen) atoms. The first-order valence-electron chi connectivity index (χ1n) is 12.3. The summed E-state index contributed by atoms with van der Waals surface area (Å²) < 4.78 is 35.8. The lowest BCUT2D eigenvalue weighted by atomic mass is 10.4. The Balaban J connectivity index is 4.97. The summed E-state index contributed by atoms with van der Waals surface area (Å²) >= 11 is 0. The van der Waals surface area contributed by atoms with Gasteiger partial charge in [-0.25, -0.2) is 9.59 Å². The van der Waals surface area contributed by atoms with E-state index in [-0.39, 0.29) is 24.7 Å². The maximum Gasteiger partial charge on any atom is 0.333 e. The number of carbonyl (C=O) groups excluding carboxylic acids is 2. The molecule has 0 fully saturated rings. The molecule has 0 aromatic rings. The van der Waals surface area contributed by atoms with Gasteiger partial charge in [0.15, 0.2) is 0 Å². The molecule has 0 rings (SSSR count). The average Bonchev–Trinajstić information content (AvgIpc) is 2.70. The quantitative estimate of drug-likeness (QED) is 0.102. The van der Waals surface area contributed by atoms with E-state index in [4.69, 9.17) is 27.2 Å². The van der Waals surface area contributed by atoms with E-state index in [0.29, 0.717) is 24.4 Å². The van der Waals surface area contributed by atoms with Crippen LogP contribution in [0.4, 0.5) is 0 Å². The monoisotopic (exact) mass is 548 g/mol. The zero-order valence-corrected chi connectivity index (χ0v) is 26.6. The Labute approximate surface area is 215 Å². The van der Waals surface area contributed by atoms with Crippen molar-refractivity contribution >= 4 is 37.1 Å². The molecule has 2 unspecified atom stereocenters. The summed E-state index contributed by atoms with van der Waals surface area (Å²) in [6.07, 6.45) is 1.59. The van der Waals surface area contributed by atoms with Gasteiger partial charge in [-0.05, 0) is 66.0 Å². The lowest BCUT2D eigenvalue weighted by Gasteiger charge is -2.43. The lowest BCUT2D eigenvalue weighted by Crippen LogP contribution is -2.60. The molecule has 8 nitrogen and oxygen atoms in total. The highest BCUT2D eigenvalue weighted by Crippen LogP contribution is 2.27. The van der Waals surface area contributed by atoms with Crippen molar-refractivity contribution < 1.29 is 36.8 Å². The largest absolute Gasteiger partial charge is 0.460 e. The van der Waals surface area contributed by atoms with E-state index < -0.39 is 37.1 Å². The summed E-state index contributed by atoms with van der Waals surface area (Å²) in [5.74, 6) is -0.824. The second-order valence-corrected chi connectivity index (χ2v) is 22.3. The molecule has 0 bridgehead atoms. The minimum Gasteiger partial charge on any atom is -0.460 e. The normalized spacial score (nSPS) is 14.2. The summed E-state index contributed by atoms with van der Waals surface area (Å²) in [6, 6.07) is 0. The molecule has 0 heterocycles. The molecule has 2 atom stereocenters. The molecule has 11 heteroatoms. The summed E-state index contributed by atoms with van der Waals surface area (Å²) in [6.45, 7) is 28.2. The van der Waals surface area contributed by atoms with Gasteiger partial charge >= 0.3 is 20.5 Å². The van der Waals surface area contributed by atoms with Gasteiger partial charge in [0.2, 0.25) is 16.6 Å². The van der Waals surface area contributed by atoms with Crippen molar-refractivity contribution in [2.45, 2.75) is 91.3 Å². The SMILES string of the molecule is C=C(C)C(=O)OCCOC(CC)[Si](C)(C)O[Si](C)(C)O[Si](C)(C)C(CC)OCCOC(=O)C(=C)C. The zero-order valence-electron chi connectivity index (χ0n) is 23.6. The summed E-state index contributed by atoms with van der Waals surface area (Å²) in [5, 5.41) is 0. The van der Waals surface area contributed by atoms with Crippen LogP contribution in [0, 0.1) is 0 Å². The molecule has 0 saturated carbocycles. The predicted molar refractivity (Wildman–Crippen MR) is 146 cm³/mol. The van der Waals surface area contributed by atoms with Crippen LogP contribution < -0.4 is 0 Å². The second-order valence-electron chi connectivity index (χ2n) is 10.2. The Hall–Kier alpha value is -1.09. The summed E-state index contributed by atoms with van der Waals surface area (Å²) in [5.41, 5.74) is 0.614. The Kier molecular flexibility index (Phi) is 14.8. The number of hydrogen-bond donors (Lipinski definition) is 0. The molecule has 0 aliphatic rings. The second kappa shape index (κ2) is 15.2. The Morgan fingerprint density at radius 1 is 0.657 bits per heavy atom. The molecule has 0 aliphatic heterocycles. The predicted octanol–water partition coefficient (Wildman–Crippen LogP) is 5.04. The fraction of sp³-hybridized carbons (Fsp3) is 0.750. The number of ether oxygens (including phenoxy) is 4. The molecule has 0 aliphatic carbocycles. The smallest absolute Gasteiger partial charge is 0.333 e. The molecule has 0 amide bonds. The van der Waals surface area contributed by atoms with Crippen molar-refractivity contribution in [1.82, 2.24) is 0 Å². The van der Waals surface area contributed by atoms with Crippen LogP contribution in [0.5, 0.6) is 0 Å². The number of carbonyl (C=O) groups is 2. The first kappa shape index (κ1) is 33.9. The van der Waals surface area contributed by atoms with E-state index in [1.165, 1.54) is 0 Å². The molecule has 0 N–H and O–H groups in total. The molecular weight excluding hydrogens is 501 g/mol. The van der Waals surface area contributed by atoms with Gasteiger partial charge < -0.3 is 27.2 Å². The van der Waals surface area contributed by atoms with Crippen molar-refractivity contribution in [3.8, 4) is 0 Å². The lowest BCUT2D eigenvalue weighted by molar-refractivity contribution is -0.141. The molecular formula is C24H48O8Si3. The Morgan fingerprint density at radius 2 is 0.971 bits per heavy atom. The zero-order chi connectivity index (χ0) is 27.4. The minimum absolute atomic E-state index is 0.0626.